The molecule has 1 aliphatic heterocycles. The molecule has 0 aromatic heterocycles. The number of thioether (sulfide) groups is 1. The number of halogens is 1. The summed E-state index contributed by atoms with van der Waals surface area (Å²) in [5, 5.41) is 0. The topological polar surface area (TPSA) is 29.3 Å². The minimum absolute atomic E-state index is 0.129. The van der Waals surface area contributed by atoms with Gasteiger partial charge in [0.15, 0.2) is 0 Å². The van der Waals surface area contributed by atoms with Crippen molar-refractivity contribution in [3.63, 3.8) is 0 Å². The van der Waals surface area contributed by atoms with Crippen molar-refractivity contribution in [3.8, 4) is 0 Å². The summed E-state index contributed by atoms with van der Waals surface area (Å²) in [5.41, 5.74) is 7.61. The third-order valence-electron chi connectivity index (χ3n) is 3.50. The van der Waals surface area contributed by atoms with Crippen LogP contribution in [-0.2, 0) is 0 Å². The van der Waals surface area contributed by atoms with Gasteiger partial charge in [-0.3, -0.25) is 4.90 Å². The molecule has 2 N–H and O–H groups in total. The van der Waals surface area contributed by atoms with Crippen LogP contribution in [-0.4, -0.2) is 36.0 Å². The van der Waals surface area contributed by atoms with Gasteiger partial charge in [-0.25, -0.2) is 4.39 Å². The predicted molar refractivity (Wildman–Crippen MR) is 76.4 cm³/mol. The van der Waals surface area contributed by atoms with Crippen LogP contribution in [0.4, 0.5) is 4.39 Å². The highest BCUT2D eigenvalue weighted by molar-refractivity contribution is 7.99. The highest BCUT2D eigenvalue weighted by atomic mass is 32.2. The molecule has 100 valence electrons. The monoisotopic (exact) mass is 268 g/mol. The third-order valence-corrected chi connectivity index (χ3v) is 4.55. The Morgan fingerprint density at radius 3 is 2.94 bits per heavy atom. The number of benzene rings is 1. The molecule has 18 heavy (non-hydrogen) atoms. The molecule has 1 atom stereocenters. The molecule has 1 unspecified atom stereocenters. The van der Waals surface area contributed by atoms with E-state index in [1.807, 2.05) is 23.9 Å². The number of hydrogen-bond acceptors (Lipinski definition) is 3. The molecule has 2 rings (SSSR count). The Morgan fingerprint density at radius 1 is 1.39 bits per heavy atom. The lowest BCUT2D eigenvalue weighted by atomic mass is 10.0. The first kappa shape index (κ1) is 13.8. The second-order valence-electron chi connectivity index (χ2n) is 4.76. The van der Waals surface area contributed by atoms with Crippen LogP contribution in [0, 0.1) is 12.7 Å². The quantitative estimate of drug-likeness (QED) is 0.913. The van der Waals surface area contributed by atoms with Crippen LogP contribution in [0.25, 0.3) is 0 Å². The summed E-state index contributed by atoms with van der Waals surface area (Å²) >= 11 is 1.99. The average molecular weight is 268 g/mol. The smallest absolute Gasteiger partial charge is 0.126 e. The maximum atomic E-state index is 13.7. The van der Waals surface area contributed by atoms with E-state index in [4.69, 9.17) is 5.73 Å². The lowest BCUT2D eigenvalue weighted by Gasteiger charge is -2.30. The highest BCUT2D eigenvalue weighted by Gasteiger charge is 2.20. The van der Waals surface area contributed by atoms with Gasteiger partial charge < -0.3 is 5.73 Å². The SMILES string of the molecule is Cc1ccc(C(CN)N2CCCSCC2)cc1F. The highest BCUT2D eigenvalue weighted by Crippen LogP contribution is 2.24. The zero-order valence-electron chi connectivity index (χ0n) is 10.9. The van der Waals surface area contributed by atoms with Crippen molar-refractivity contribution in [2.24, 2.45) is 5.73 Å². The number of aryl methyl sites for hydroxylation is 1. The molecule has 2 nitrogen and oxygen atoms in total. The Labute approximate surface area is 113 Å². The fraction of sp³-hybridized carbons (Fsp3) is 0.571. The van der Waals surface area contributed by atoms with Gasteiger partial charge in [-0.05, 0) is 42.8 Å². The van der Waals surface area contributed by atoms with E-state index in [0.717, 1.165) is 24.4 Å². The molecule has 0 bridgehead atoms. The van der Waals surface area contributed by atoms with Crippen molar-refractivity contribution in [2.45, 2.75) is 19.4 Å². The normalized spacial score (nSPS) is 19.5. The van der Waals surface area contributed by atoms with Gasteiger partial charge in [-0.1, -0.05) is 12.1 Å². The molecular formula is C14H21FN2S. The van der Waals surface area contributed by atoms with Gasteiger partial charge in [0.05, 0.1) is 0 Å². The number of nitrogens with zero attached hydrogens (tertiary/aromatic N) is 1. The minimum atomic E-state index is -0.129. The maximum Gasteiger partial charge on any atom is 0.126 e. The predicted octanol–water partition coefficient (Wildman–Crippen LogP) is 2.57. The summed E-state index contributed by atoms with van der Waals surface area (Å²) in [6, 6.07) is 5.65. The van der Waals surface area contributed by atoms with Crippen LogP contribution in [0.2, 0.25) is 0 Å². The fourth-order valence-electron chi connectivity index (χ4n) is 2.39. The molecular weight excluding hydrogens is 247 g/mol. The Kier molecular flexibility index (Phi) is 5.03. The summed E-state index contributed by atoms with van der Waals surface area (Å²) in [6.07, 6.45) is 1.19. The van der Waals surface area contributed by atoms with E-state index >= 15 is 0 Å². The van der Waals surface area contributed by atoms with E-state index in [1.54, 1.807) is 13.0 Å². The third kappa shape index (κ3) is 3.25. The Balaban J connectivity index is 2.17. The zero-order valence-corrected chi connectivity index (χ0v) is 11.7. The van der Waals surface area contributed by atoms with Crippen LogP contribution < -0.4 is 5.73 Å². The Morgan fingerprint density at radius 2 is 2.22 bits per heavy atom. The molecule has 1 saturated heterocycles. The summed E-state index contributed by atoms with van der Waals surface area (Å²) < 4.78 is 13.7. The fourth-order valence-corrected chi connectivity index (χ4v) is 3.29. The maximum absolute atomic E-state index is 13.7. The van der Waals surface area contributed by atoms with Gasteiger partial charge in [0, 0.05) is 24.9 Å². The van der Waals surface area contributed by atoms with E-state index in [2.05, 4.69) is 4.90 Å². The van der Waals surface area contributed by atoms with Crippen LogP contribution in [0.3, 0.4) is 0 Å². The molecule has 1 aliphatic rings. The van der Waals surface area contributed by atoms with E-state index in [-0.39, 0.29) is 11.9 Å². The molecule has 0 spiro atoms. The molecule has 1 aromatic rings. The van der Waals surface area contributed by atoms with E-state index in [9.17, 15) is 4.39 Å². The molecule has 0 amide bonds. The number of hydrogen-bond donors (Lipinski definition) is 1. The Hall–Kier alpha value is -0.580. The zero-order chi connectivity index (χ0) is 13.0. The van der Waals surface area contributed by atoms with Crippen molar-refractivity contribution >= 4 is 11.8 Å². The van der Waals surface area contributed by atoms with E-state index < -0.39 is 0 Å². The van der Waals surface area contributed by atoms with Gasteiger partial charge in [0.2, 0.25) is 0 Å². The van der Waals surface area contributed by atoms with Crippen LogP contribution in [0.5, 0.6) is 0 Å². The molecule has 0 saturated carbocycles. The van der Waals surface area contributed by atoms with Gasteiger partial charge in [-0.2, -0.15) is 11.8 Å². The molecule has 1 aromatic carbocycles. The summed E-state index contributed by atoms with van der Waals surface area (Å²) in [5.74, 6) is 2.23. The van der Waals surface area contributed by atoms with Crippen molar-refractivity contribution in [2.75, 3.05) is 31.1 Å². The van der Waals surface area contributed by atoms with Gasteiger partial charge in [0.1, 0.15) is 5.82 Å². The van der Waals surface area contributed by atoms with Crippen molar-refractivity contribution in [1.29, 1.82) is 0 Å². The van der Waals surface area contributed by atoms with E-state index in [0.29, 0.717) is 12.1 Å². The van der Waals surface area contributed by atoms with Gasteiger partial charge in [0.25, 0.3) is 0 Å². The van der Waals surface area contributed by atoms with Gasteiger partial charge >= 0.3 is 0 Å². The van der Waals surface area contributed by atoms with Crippen LogP contribution in [0.15, 0.2) is 18.2 Å². The summed E-state index contributed by atoms with van der Waals surface area (Å²) in [4.78, 5) is 2.39. The lowest BCUT2D eigenvalue weighted by molar-refractivity contribution is 0.217. The lowest BCUT2D eigenvalue weighted by Crippen LogP contribution is -2.35. The van der Waals surface area contributed by atoms with Crippen molar-refractivity contribution < 1.29 is 4.39 Å². The molecule has 4 heteroatoms. The Bertz CT molecular complexity index is 389. The second kappa shape index (κ2) is 6.55. The van der Waals surface area contributed by atoms with Crippen LogP contribution >= 0.6 is 11.8 Å². The van der Waals surface area contributed by atoms with Crippen LogP contribution in [0.1, 0.15) is 23.6 Å². The second-order valence-corrected chi connectivity index (χ2v) is 5.99. The van der Waals surface area contributed by atoms with Gasteiger partial charge in [-0.15, -0.1) is 0 Å². The first-order chi connectivity index (χ1) is 8.72. The van der Waals surface area contributed by atoms with E-state index in [1.165, 1.54) is 12.2 Å². The average Bonchev–Trinajstić information content (AvgIpc) is 2.64. The standard InChI is InChI=1S/C14H21FN2S/c1-11-3-4-12(9-13(11)15)14(10-16)17-5-2-7-18-8-6-17/h3-4,9,14H,2,5-8,10,16H2,1H3. The molecule has 1 heterocycles. The first-order valence-electron chi connectivity index (χ1n) is 6.50. The molecule has 0 radical (unpaired) electrons. The number of rotatable bonds is 3. The van der Waals surface area contributed by atoms with Crippen molar-refractivity contribution in [3.05, 3.63) is 35.1 Å². The summed E-state index contributed by atoms with van der Waals surface area (Å²) in [6.45, 7) is 4.44. The molecule has 0 aliphatic carbocycles. The largest absolute Gasteiger partial charge is 0.329 e. The number of nitrogens with two attached hydrogens (primary N) is 1. The summed E-state index contributed by atoms with van der Waals surface area (Å²) in [7, 11) is 0. The first-order valence-corrected chi connectivity index (χ1v) is 7.65. The molecule has 1 fully saturated rings. The minimum Gasteiger partial charge on any atom is -0.329 e. The van der Waals surface area contributed by atoms with Crippen molar-refractivity contribution in [1.82, 2.24) is 4.90 Å².